The number of amides is 2. The smallest absolute Gasteiger partial charge is 0.416 e. The van der Waals surface area contributed by atoms with Gasteiger partial charge in [-0.2, -0.15) is 13.2 Å². The van der Waals surface area contributed by atoms with Crippen LogP contribution in [0.15, 0.2) is 18.2 Å². The van der Waals surface area contributed by atoms with Crippen molar-refractivity contribution in [3.8, 4) is 5.75 Å². The molecule has 2 N–H and O–H groups in total. The Hall–Kier alpha value is -1.92. The molecule has 0 aromatic heterocycles. The number of nitrogens with one attached hydrogen (secondary N) is 2. The Morgan fingerprint density at radius 1 is 1.30 bits per heavy atom. The van der Waals surface area contributed by atoms with Gasteiger partial charge in [-0.15, -0.1) is 0 Å². The average Bonchev–Trinajstić information content (AvgIpc) is 2.37. The zero-order valence-electron chi connectivity index (χ0n) is 11.3. The van der Waals surface area contributed by atoms with Crippen molar-refractivity contribution >= 4 is 11.7 Å². The van der Waals surface area contributed by atoms with Crippen LogP contribution in [-0.4, -0.2) is 19.2 Å². The summed E-state index contributed by atoms with van der Waals surface area (Å²) in [6.45, 7) is 4.31. The highest BCUT2D eigenvalue weighted by atomic mass is 19.4. The Labute approximate surface area is 115 Å². The Morgan fingerprint density at radius 2 is 2.00 bits per heavy atom. The summed E-state index contributed by atoms with van der Waals surface area (Å²) in [6, 6.07) is 2.41. The van der Waals surface area contributed by atoms with Crippen LogP contribution < -0.4 is 15.4 Å². The summed E-state index contributed by atoms with van der Waals surface area (Å²) >= 11 is 0. The number of urea groups is 1. The molecule has 0 aliphatic heterocycles. The van der Waals surface area contributed by atoms with Gasteiger partial charge in [0.2, 0.25) is 0 Å². The van der Waals surface area contributed by atoms with Gasteiger partial charge in [-0.25, -0.2) is 4.79 Å². The van der Waals surface area contributed by atoms with Crippen molar-refractivity contribution in [1.82, 2.24) is 5.32 Å². The van der Waals surface area contributed by atoms with E-state index < -0.39 is 17.8 Å². The fourth-order valence-corrected chi connectivity index (χ4v) is 1.49. The van der Waals surface area contributed by atoms with Crippen molar-refractivity contribution in [2.45, 2.75) is 26.4 Å². The van der Waals surface area contributed by atoms with E-state index in [2.05, 4.69) is 10.6 Å². The monoisotopic (exact) mass is 290 g/mol. The second-order valence-electron chi connectivity index (χ2n) is 4.02. The lowest BCUT2D eigenvalue weighted by Crippen LogP contribution is -2.29. The molecule has 1 aromatic carbocycles. The van der Waals surface area contributed by atoms with Crippen LogP contribution in [0.1, 0.15) is 25.8 Å². The van der Waals surface area contributed by atoms with Crippen LogP contribution in [0.4, 0.5) is 23.7 Å². The molecular formula is C13H17F3N2O2. The largest absolute Gasteiger partial charge is 0.492 e. The van der Waals surface area contributed by atoms with Crippen LogP contribution in [-0.2, 0) is 6.18 Å². The predicted octanol–water partition coefficient (Wildman–Crippen LogP) is 3.64. The van der Waals surface area contributed by atoms with Gasteiger partial charge in [0.1, 0.15) is 5.75 Å². The molecule has 1 aromatic rings. The number of benzene rings is 1. The standard InChI is InChI=1S/C13H17F3N2O2/c1-3-7-17-12(19)18-10-8-9(13(14,15)16)5-6-11(10)20-4-2/h5-6,8H,3-4,7H2,1-2H3,(H2,17,18,19). The van der Waals surface area contributed by atoms with E-state index in [1.807, 2.05) is 6.92 Å². The molecule has 112 valence electrons. The molecule has 1 rings (SSSR count). The van der Waals surface area contributed by atoms with Gasteiger partial charge in [-0.3, -0.25) is 0 Å². The minimum Gasteiger partial charge on any atom is -0.492 e. The SMILES string of the molecule is CCCNC(=O)Nc1cc(C(F)(F)F)ccc1OCC. The third-order valence-electron chi connectivity index (χ3n) is 2.39. The first kappa shape index (κ1) is 16.1. The molecule has 2 amide bonds. The van der Waals surface area contributed by atoms with Crippen LogP contribution in [0.25, 0.3) is 0 Å². The molecule has 7 heteroatoms. The molecule has 0 aliphatic carbocycles. The average molecular weight is 290 g/mol. The first-order valence-corrected chi connectivity index (χ1v) is 6.27. The van der Waals surface area contributed by atoms with Crippen molar-refractivity contribution in [2.24, 2.45) is 0 Å². The summed E-state index contributed by atoms with van der Waals surface area (Å²) in [5, 5.41) is 4.89. The summed E-state index contributed by atoms with van der Waals surface area (Å²) in [5.74, 6) is 0.201. The molecule has 20 heavy (non-hydrogen) atoms. The van der Waals surface area contributed by atoms with Crippen molar-refractivity contribution in [1.29, 1.82) is 0 Å². The maximum atomic E-state index is 12.7. The number of ether oxygens (including phenoxy) is 1. The molecule has 0 fully saturated rings. The van der Waals surface area contributed by atoms with Gasteiger partial charge < -0.3 is 15.4 Å². The van der Waals surface area contributed by atoms with E-state index >= 15 is 0 Å². The van der Waals surface area contributed by atoms with Crippen LogP contribution >= 0.6 is 0 Å². The molecule has 0 saturated carbocycles. The second kappa shape index (κ2) is 7.02. The number of halogens is 3. The van der Waals surface area contributed by atoms with E-state index in [0.717, 1.165) is 18.6 Å². The van der Waals surface area contributed by atoms with Gasteiger partial charge in [0, 0.05) is 6.54 Å². The lowest BCUT2D eigenvalue weighted by Gasteiger charge is -2.15. The van der Waals surface area contributed by atoms with E-state index in [-0.39, 0.29) is 18.0 Å². The fraction of sp³-hybridized carbons (Fsp3) is 0.462. The number of carbonyl (C=O) groups is 1. The van der Waals surface area contributed by atoms with Gasteiger partial charge in [-0.05, 0) is 31.5 Å². The van der Waals surface area contributed by atoms with E-state index in [9.17, 15) is 18.0 Å². The molecule has 4 nitrogen and oxygen atoms in total. The molecule has 0 heterocycles. The topological polar surface area (TPSA) is 50.4 Å². The first-order chi connectivity index (χ1) is 9.38. The van der Waals surface area contributed by atoms with E-state index in [1.54, 1.807) is 6.92 Å². The van der Waals surface area contributed by atoms with Crippen molar-refractivity contribution < 1.29 is 22.7 Å². The van der Waals surface area contributed by atoms with Crippen LogP contribution in [0.3, 0.4) is 0 Å². The maximum Gasteiger partial charge on any atom is 0.416 e. The summed E-state index contributed by atoms with van der Waals surface area (Å²) in [6.07, 6.45) is -3.74. The van der Waals surface area contributed by atoms with Crippen molar-refractivity contribution in [3.05, 3.63) is 23.8 Å². The Kier molecular flexibility index (Phi) is 5.66. The number of rotatable bonds is 5. The molecule has 0 spiro atoms. The molecule has 0 saturated heterocycles. The summed E-state index contributed by atoms with van der Waals surface area (Å²) in [5.41, 5.74) is -0.845. The summed E-state index contributed by atoms with van der Waals surface area (Å²) in [7, 11) is 0. The molecular weight excluding hydrogens is 273 g/mol. The van der Waals surface area contributed by atoms with Crippen LogP contribution in [0.2, 0.25) is 0 Å². The normalized spacial score (nSPS) is 11.1. The number of carbonyl (C=O) groups excluding carboxylic acids is 1. The third kappa shape index (κ3) is 4.64. The van der Waals surface area contributed by atoms with Crippen LogP contribution in [0, 0.1) is 0 Å². The molecule has 0 radical (unpaired) electrons. The van der Waals surface area contributed by atoms with Gasteiger partial charge in [0.15, 0.2) is 0 Å². The Bertz CT molecular complexity index is 461. The Morgan fingerprint density at radius 3 is 2.55 bits per heavy atom. The quantitative estimate of drug-likeness (QED) is 0.870. The van der Waals surface area contributed by atoms with E-state index in [0.29, 0.717) is 6.54 Å². The minimum absolute atomic E-state index is 0.00437. The Balaban J connectivity index is 2.96. The number of anilines is 1. The summed E-state index contributed by atoms with van der Waals surface area (Å²) in [4.78, 5) is 11.5. The molecule has 0 unspecified atom stereocenters. The number of alkyl halides is 3. The lowest BCUT2D eigenvalue weighted by molar-refractivity contribution is -0.137. The maximum absolute atomic E-state index is 12.7. The number of hydrogen-bond donors (Lipinski definition) is 2. The fourth-order valence-electron chi connectivity index (χ4n) is 1.49. The summed E-state index contributed by atoms with van der Waals surface area (Å²) < 4.78 is 43.2. The minimum atomic E-state index is -4.47. The van der Waals surface area contributed by atoms with E-state index in [4.69, 9.17) is 4.74 Å². The van der Waals surface area contributed by atoms with Gasteiger partial charge in [0.25, 0.3) is 0 Å². The first-order valence-electron chi connectivity index (χ1n) is 6.27. The van der Waals surface area contributed by atoms with Crippen molar-refractivity contribution in [2.75, 3.05) is 18.5 Å². The molecule has 0 aliphatic rings. The highest BCUT2D eigenvalue weighted by Crippen LogP contribution is 2.35. The zero-order chi connectivity index (χ0) is 15.2. The second-order valence-corrected chi connectivity index (χ2v) is 4.02. The zero-order valence-corrected chi connectivity index (χ0v) is 11.3. The van der Waals surface area contributed by atoms with Gasteiger partial charge in [-0.1, -0.05) is 6.92 Å². The van der Waals surface area contributed by atoms with Crippen molar-refractivity contribution in [3.63, 3.8) is 0 Å². The van der Waals surface area contributed by atoms with Gasteiger partial charge in [0.05, 0.1) is 17.9 Å². The highest BCUT2D eigenvalue weighted by Gasteiger charge is 2.31. The highest BCUT2D eigenvalue weighted by molar-refractivity contribution is 5.91. The number of hydrogen-bond acceptors (Lipinski definition) is 2. The third-order valence-corrected chi connectivity index (χ3v) is 2.39. The molecule has 0 bridgehead atoms. The lowest BCUT2D eigenvalue weighted by atomic mass is 10.2. The van der Waals surface area contributed by atoms with Crippen LogP contribution in [0.5, 0.6) is 5.75 Å². The van der Waals surface area contributed by atoms with Gasteiger partial charge >= 0.3 is 12.2 Å². The van der Waals surface area contributed by atoms with E-state index in [1.165, 1.54) is 6.07 Å². The predicted molar refractivity (Wildman–Crippen MR) is 69.9 cm³/mol. The molecule has 0 atom stereocenters.